The summed E-state index contributed by atoms with van der Waals surface area (Å²) in [5, 5.41) is 5.60. The third-order valence-corrected chi connectivity index (χ3v) is 5.94. The summed E-state index contributed by atoms with van der Waals surface area (Å²) in [6.45, 7) is 2.16. The molecular weight excluding hydrogens is 430 g/mol. The first-order chi connectivity index (χ1) is 15.5. The molecule has 0 saturated carbocycles. The number of thioether (sulfide) groups is 1. The standard InChI is InChI=1S/C23H23N3O5S/c1-3-30-16-8-6-15(7-9-16)24-19(27)12-26-18-13-31-22(28)20(18)21(25-23(26)29)14-4-10-17(32-2)11-5-14/h4-11,21H,3,12-13H2,1-2H3,(H,24,27)(H,25,29)/t21-/m0/s1. The van der Waals surface area contributed by atoms with Crippen molar-refractivity contribution in [2.75, 3.05) is 31.3 Å². The fourth-order valence-corrected chi connectivity index (χ4v) is 4.08. The molecule has 0 bridgehead atoms. The third-order valence-electron chi connectivity index (χ3n) is 5.20. The molecule has 0 fully saturated rings. The summed E-state index contributed by atoms with van der Waals surface area (Å²) in [5.41, 5.74) is 2.13. The number of carbonyl (C=O) groups excluding carboxylic acids is 3. The Balaban J connectivity index is 1.52. The normalized spacial score (nSPS) is 17.6. The van der Waals surface area contributed by atoms with Crippen LogP contribution < -0.4 is 15.4 Å². The smallest absolute Gasteiger partial charge is 0.338 e. The van der Waals surface area contributed by atoms with Gasteiger partial charge in [0.25, 0.3) is 0 Å². The van der Waals surface area contributed by atoms with Crippen LogP contribution in [-0.4, -0.2) is 48.8 Å². The number of cyclic esters (lactones) is 1. The van der Waals surface area contributed by atoms with Gasteiger partial charge in [-0.1, -0.05) is 12.1 Å². The van der Waals surface area contributed by atoms with Gasteiger partial charge in [-0.3, -0.25) is 9.69 Å². The number of nitrogens with one attached hydrogen (secondary N) is 2. The highest BCUT2D eigenvalue weighted by molar-refractivity contribution is 7.98. The Bertz CT molecular complexity index is 1070. The van der Waals surface area contributed by atoms with Crippen molar-refractivity contribution in [2.24, 2.45) is 0 Å². The zero-order valence-corrected chi connectivity index (χ0v) is 18.5. The molecule has 0 aromatic heterocycles. The van der Waals surface area contributed by atoms with Crippen molar-refractivity contribution in [1.82, 2.24) is 10.2 Å². The zero-order chi connectivity index (χ0) is 22.7. The summed E-state index contributed by atoms with van der Waals surface area (Å²) in [6, 6.07) is 13.5. The second-order valence-electron chi connectivity index (χ2n) is 7.18. The molecule has 32 heavy (non-hydrogen) atoms. The topological polar surface area (TPSA) is 97.0 Å². The van der Waals surface area contributed by atoms with Crippen LogP contribution >= 0.6 is 11.8 Å². The number of urea groups is 1. The fraction of sp³-hybridized carbons (Fsp3) is 0.261. The maximum absolute atomic E-state index is 12.9. The van der Waals surface area contributed by atoms with E-state index in [1.54, 1.807) is 36.0 Å². The Kier molecular flexibility index (Phi) is 6.36. The minimum absolute atomic E-state index is 0.0443. The summed E-state index contributed by atoms with van der Waals surface area (Å²) < 4.78 is 10.6. The Hall–Kier alpha value is -3.46. The Morgan fingerprint density at radius 3 is 2.56 bits per heavy atom. The molecule has 0 saturated heterocycles. The van der Waals surface area contributed by atoms with Crippen molar-refractivity contribution >= 4 is 35.4 Å². The first kappa shape index (κ1) is 21.8. The number of carbonyl (C=O) groups is 3. The monoisotopic (exact) mass is 453 g/mol. The molecule has 2 aromatic rings. The molecule has 2 aliphatic rings. The fourth-order valence-electron chi connectivity index (χ4n) is 3.67. The van der Waals surface area contributed by atoms with Gasteiger partial charge in [0.05, 0.1) is 23.9 Å². The lowest BCUT2D eigenvalue weighted by Gasteiger charge is -2.32. The maximum atomic E-state index is 12.9. The van der Waals surface area contributed by atoms with Crippen LogP contribution in [0.3, 0.4) is 0 Å². The number of ether oxygens (including phenoxy) is 2. The van der Waals surface area contributed by atoms with Crippen LogP contribution in [0.1, 0.15) is 18.5 Å². The van der Waals surface area contributed by atoms with E-state index >= 15 is 0 Å². The van der Waals surface area contributed by atoms with Crippen molar-refractivity contribution in [1.29, 1.82) is 0 Å². The van der Waals surface area contributed by atoms with E-state index in [0.29, 0.717) is 29.3 Å². The number of hydrogen-bond acceptors (Lipinski definition) is 6. The van der Waals surface area contributed by atoms with Gasteiger partial charge < -0.3 is 20.1 Å². The van der Waals surface area contributed by atoms with Gasteiger partial charge in [-0.2, -0.15) is 0 Å². The van der Waals surface area contributed by atoms with E-state index in [9.17, 15) is 14.4 Å². The lowest BCUT2D eigenvalue weighted by atomic mass is 9.96. The summed E-state index contributed by atoms with van der Waals surface area (Å²) in [4.78, 5) is 40.3. The van der Waals surface area contributed by atoms with Gasteiger partial charge in [0.2, 0.25) is 5.91 Å². The van der Waals surface area contributed by atoms with Gasteiger partial charge in [0.15, 0.2) is 0 Å². The largest absolute Gasteiger partial charge is 0.494 e. The molecule has 2 N–H and O–H groups in total. The lowest BCUT2D eigenvalue weighted by molar-refractivity contribution is -0.136. The molecule has 8 nitrogen and oxygen atoms in total. The van der Waals surface area contributed by atoms with Gasteiger partial charge >= 0.3 is 12.0 Å². The van der Waals surface area contributed by atoms with Crippen LogP contribution in [0.4, 0.5) is 10.5 Å². The third kappa shape index (κ3) is 4.43. The number of benzene rings is 2. The highest BCUT2D eigenvalue weighted by Crippen LogP contribution is 2.35. The number of amides is 3. The number of anilines is 1. The molecule has 2 aliphatic heterocycles. The van der Waals surface area contributed by atoms with Crippen molar-refractivity contribution in [3.8, 4) is 5.75 Å². The lowest BCUT2D eigenvalue weighted by Crippen LogP contribution is -2.49. The summed E-state index contributed by atoms with van der Waals surface area (Å²) in [6.07, 6.45) is 1.97. The quantitative estimate of drug-likeness (QED) is 0.493. The van der Waals surface area contributed by atoms with Gasteiger partial charge in [0, 0.05) is 10.6 Å². The van der Waals surface area contributed by atoms with Crippen molar-refractivity contribution in [2.45, 2.75) is 17.9 Å². The summed E-state index contributed by atoms with van der Waals surface area (Å²) in [7, 11) is 0. The van der Waals surface area contributed by atoms with Crippen LogP contribution in [0.25, 0.3) is 0 Å². The van der Waals surface area contributed by atoms with E-state index in [0.717, 1.165) is 10.5 Å². The van der Waals surface area contributed by atoms with E-state index in [1.807, 2.05) is 37.4 Å². The van der Waals surface area contributed by atoms with Gasteiger partial charge in [-0.15, -0.1) is 11.8 Å². The second kappa shape index (κ2) is 9.35. The molecule has 2 aromatic carbocycles. The average Bonchev–Trinajstić information content (AvgIpc) is 3.18. The molecule has 0 spiro atoms. The minimum atomic E-state index is -0.617. The predicted molar refractivity (Wildman–Crippen MR) is 120 cm³/mol. The van der Waals surface area contributed by atoms with Crippen molar-refractivity contribution in [3.05, 3.63) is 65.4 Å². The number of rotatable bonds is 7. The molecule has 2 heterocycles. The van der Waals surface area contributed by atoms with E-state index in [4.69, 9.17) is 9.47 Å². The summed E-state index contributed by atoms with van der Waals surface area (Å²) >= 11 is 1.60. The predicted octanol–water partition coefficient (Wildman–Crippen LogP) is 3.32. The highest BCUT2D eigenvalue weighted by atomic mass is 32.2. The number of hydrogen-bond donors (Lipinski definition) is 2. The van der Waals surface area contributed by atoms with E-state index in [-0.39, 0.29) is 13.2 Å². The molecule has 166 valence electrons. The number of esters is 1. The van der Waals surface area contributed by atoms with Crippen LogP contribution in [0, 0.1) is 0 Å². The molecule has 0 aliphatic carbocycles. The first-order valence-electron chi connectivity index (χ1n) is 10.1. The van der Waals surface area contributed by atoms with Gasteiger partial charge in [-0.25, -0.2) is 9.59 Å². The van der Waals surface area contributed by atoms with E-state index in [1.165, 1.54) is 4.90 Å². The minimum Gasteiger partial charge on any atom is -0.494 e. The van der Waals surface area contributed by atoms with Gasteiger partial charge in [0.1, 0.15) is 18.9 Å². The maximum Gasteiger partial charge on any atom is 0.338 e. The molecule has 1 atom stereocenters. The Labute approximate surface area is 189 Å². The first-order valence-corrected chi connectivity index (χ1v) is 11.4. The van der Waals surface area contributed by atoms with Crippen LogP contribution in [0.2, 0.25) is 0 Å². The molecular formula is C23H23N3O5S. The van der Waals surface area contributed by atoms with E-state index in [2.05, 4.69) is 10.6 Å². The molecule has 4 rings (SSSR count). The van der Waals surface area contributed by atoms with Crippen LogP contribution in [0.5, 0.6) is 5.75 Å². The Morgan fingerprint density at radius 2 is 1.91 bits per heavy atom. The van der Waals surface area contributed by atoms with Gasteiger partial charge in [-0.05, 0) is 55.1 Å². The average molecular weight is 454 g/mol. The SMILES string of the molecule is CCOc1ccc(NC(=O)CN2C(=O)N[C@@H](c3ccc(SC)cc3)C3=C2COC3=O)cc1. The van der Waals surface area contributed by atoms with Crippen molar-refractivity contribution in [3.63, 3.8) is 0 Å². The molecule has 9 heteroatoms. The van der Waals surface area contributed by atoms with Crippen LogP contribution in [0.15, 0.2) is 64.7 Å². The second-order valence-corrected chi connectivity index (χ2v) is 8.06. The van der Waals surface area contributed by atoms with E-state index < -0.39 is 23.9 Å². The molecule has 0 radical (unpaired) electrons. The summed E-state index contributed by atoms with van der Waals surface area (Å²) in [5.74, 6) is -0.178. The zero-order valence-electron chi connectivity index (χ0n) is 17.7. The van der Waals surface area contributed by atoms with Crippen LogP contribution in [-0.2, 0) is 14.3 Å². The Morgan fingerprint density at radius 1 is 1.19 bits per heavy atom. The van der Waals surface area contributed by atoms with Crippen molar-refractivity contribution < 1.29 is 23.9 Å². The highest BCUT2D eigenvalue weighted by Gasteiger charge is 2.42. The molecule has 3 amide bonds. The molecule has 0 unspecified atom stereocenters. The number of nitrogens with zero attached hydrogens (tertiary/aromatic N) is 1.